The number of rotatable bonds is 6. The molecular formula is C23H31N4O3+. The van der Waals surface area contributed by atoms with E-state index in [4.69, 9.17) is 4.74 Å². The molecule has 1 heterocycles. The molecule has 3 N–H and O–H groups in total. The second-order valence-electron chi connectivity index (χ2n) is 7.79. The van der Waals surface area contributed by atoms with Crippen LogP contribution in [-0.2, 0) is 14.3 Å². The fourth-order valence-electron chi connectivity index (χ4n) is 3.65. The molecule has 2 aromatic carbocycles. The van der Waals surface area contributed by atoms with Crippen LogP contribution in [0, 0.1) is 6.92 Å². The number of nitrogens with one attached hydrogen (secondary N) is 3. The van der Waals surface area contributed by atoms with Gasteiger partial charge in [-0.2, -0.15) is 0 Å². The van der Waals surface area contributed by atoms with E-state index in [1.165, 1.54) is 4.90 Å². The predicted octanol–water partition coefficient (Wildman–Crippen LogP) is 0.772. The molecule has 0 aromatic heterocycles. The van der Waals surface area contributed by atoms with Gasteiger partial charge in [0.1, 0.15) is 19.1 Å². The summed E-state index contributed by atoms with van der Waals surface area (Å²) >= 11 is 0. The summed E-state index contributed by atoms with van der Waals surface area (Å²) in [6.45, 7) is 5.41. The van der Waals surface area contributed by atoms with Crippen LogP contribution in [0.3, 0.4) is 0 Å². The molecule has 7 heteroatoms. The van der Waals surface area contributed by atoms with Gasteiger partial charge >= 0.3 is 11.8 Å². The third kappa shape index (κ3) is 5.58. The monoisotopic (exact) mass is 411 g/mol. The highest BCUT2D eigenvalue weighted by Crippen LogP contribution is 2.17. The zero-order valence-corrected chi connectivity index (χ0v) is 17.9. The molecule has 1 aliphatic heterocycles. The zero-order valence-electron chi connectivity index (χ0n) is 17.9. The molecule has 0 aliphatic carbocycles. The largest absolute Gasteiger partial charge is 0.378 e. The van der Waals surface area contributed by atoms with Crippen molar-refractivity contribution in [1.82, 2.24) is 5.32 Å². The Morgan fingerprint density at radius 2 is 1.70 bits per heavy atom. The Labute approximate surface area is 178 Å². The SMILES string of the molecule is Cc1ccccc1NC(=O)C(=O)NC[C@H](c1ccc(N(C)C)cc1)[NH+]1CCOCC1. The minimum Gasteiger partial charge on any atom is -0.378 e. The summed E-state index contributed by atoms with van der Waals surface area (Å²) in [6.07, 6.45) is 0. The first-order valence-electron chi connectivity index (χ1n) is 10.3. The van der Waals surface area contributed by atoms with Gasteiger partial charge in [-0.1, -0.05) is 30.3 Å². The molecule has 1 atom stereocenters. The Balaban J connectivity index is 1.67. The van der Waals surface area contributed by atoms with Crippen LogP contribution >= 0.6 is 0 Å². The summed E-state index contributed by atoms with van der Waals surface area (Å²) in [5.74, 6) is -1.27. The highest BCUT2D eigenvalue weighted by molar-refractivity contribution is 6.39. The van der Waals surface area contributed by atoms with E-state index in [1.54, 1.807) is 6.07 Å². The van der Waals surface area contributed by atoms with Crippen molar-refractivity contribution >= 4 is 23.2 Å². The molecule has 1 aliphatic rings. The molecule has 0 unspecified atom stereocenters. The molecule has 1 fully saturated rings. The first kappa shape index (κ1) is 21.8. The van der Waals surface area contributed by atoms with Crippen molar-refractivity contribution in [3.8, 4) is 0 Å². The van der Waals surface area contributed by atoms with Crippen LogP contribution in [-0.4, -0.2) is 58.8 Å². The van der Waals surface area contributed by atoms with Crippen LogP contribution in [0.1, 0.15) is 17.2 Å². The van der Waals surface area contributed by atoms with Gasteiger partial charge in [-0.25, -0.2) is 0 Å². The minimum absolute atomic E-state index is 0.0559. The Bertz CT molecular complexity index is 861. The third-order valence-electron chi connectivity index (χ3n) is 5.51. The van der Waals surface area contributed by atoms with Crippen LogP contribution < -0.4 is 20.4 Å². The molecule has 2 amide bonds. The first-order valence-corrected chi connectivity index (χ1v) is 10.3. The maximum Gasteiger partial charge on any atom is 0.313 e. The lowest BCUT2D eigenvalue weighted by Gasteiger charge is -2.32. The van der Waals surface area contributed by atoms with Gasteiger partial charge in [0.15, 0.2) is 0 Å². The molecule has 0 radical (unpaired) electrons. The number of quaternary nitrogens is 1. The number of para-hydroxylation sites is 1. The minimum atomic E-state index is -0.650. The first-order chi connectivity index (χ1) is 14.5. The number of aryl methyl sites for hydroxylation is 1. The number of ether oxygens (including phenoxy) is 1. The highest BCUT2D eigenvalue weighted by Gasteiger charge is 2.28. The fraction of sp³-hybridized carbons (Fsp3) is 0.391. The van der Waals surface area contributed by atoms with E-state index in [-0.39, 0.29) is 6.04 Å². The quantitative estimate of drug-likeness (QED) is 0.614. The fourth-order valence-corrected chi connectivity index (χ4v) is 3.65. The van der Waals surface area contributed by atoms with Crippen LogP contribution in [0.4, 0.5) is 11.4 Å². The topological polar surface area (TPSA) is 75.1 Å². The summed E-state index contributed by atoms with van der Waals surface area (Å²) in [5.41, 5.74) is 3.82. The van der Waals surface area contributed by atoms with E-state index >= 15 is 0 Å². The number of hydrogen-bond donors (Lipinski definition) is 3. The van der Waals surface area contributed by atoms with Crippen molar-refractivity contribution in [1.29, 1.82) is 0 Å². The normalized spacial score (nSPS) is 15.3. The average Bonchev–Trinajstić information content (AvgIpc) is 2.76. The van der Waals surface area contributed by atoms with Gasteiger partial charge < -0.3 is 25.2 Å². The molecule has 30 heavy (non-hydrogen) atoms. The van der Waals surface area contributed by atoms with Gasteiger partial charge in [-0.05, 0) is 30.7 Å². The van der Waals surface area contributed by atoms with Crippen LogP contribution in [0.15, 0.2) is 48.5 Å². The second kappa shape index (κ2) is 10.2. The smallest absolute Gasteiger partial charge is 0.313 e. The lowest BCUT2D eigenvalue weighted by molar-refractivity contribution is -0.937. The standard InChI is InChI=1S/C23H30N4O3/c1-17-6-4-5-7-20(17)25-23(29)22(28)24-16-21(27-12-14-30-15-13-27)18-8-10-19(11-9-18)26(2)3/h4-11,21H,12-16H2,1-3H3,(H,24,28)(H,25,29)/p+1/t21-/m1/s1. The molecular weight excluding hydrogens is 380 g/mol. The van der Waals surface area contributed by atoms with Crippen molar-refractivity contribution in [2.45, 2.75) is 13.0 Å². The van der Waals surface area contributed by atoms with Gasteiger partial charge in [-0.3, -0.25) is 9.59 Å². The van der Waals surface area contributed by atoms with E-state index in [2.05, 4.69) is 39.8 Å². The van der Waals surface area contributed by atoms with Gasteiger partial charge in [0, 0.05) is 31.0 Å². The van der Waals surface area contributed by atoms with Gasteiger partial charge in [0.2, 0.25) is 0 Å². The van der Waals surface area contributed by atoms with E-state index in [0.29, 0.717) is 25.4 Å². The molecule has 3 rings (SSSR count). The van der Waals surface area contributed by atoms with Crippen LogP contribution in [0.2, 0.25) is 0 Å². The summed E-state index contributed by atoms with van der Waals surface area (Å²) < 4.78 is 5.50. The van der Waals surface area contributed by atoms with Crippen LogP contribution in [0.5, 0.6) is 0 Å². The second-order valence-corrected chi connectivity index (χ2v) is 7.79. The number of carbonyl (C=O) groups excluding carboxylic acids is 2. The Kier molecular flexibility index (Phi) is 7.43. The maximum atomic E-state index is 12.5. The van der Waals surface area contributed by atoms with Crippen molar-refractivity contribution in [2.24, 2.45) is 0 Å². The summed E-state index contributed by atoms with van der Waals surface area (Å²) in [4.78, 5) is 28.2. The van der Waals surface area contributed by atoms with Crippen LogP contribution in [0.25, 0.3) is 0 Å². The number of nitrogens with zero attached hydrogens (tertiary/aromatic N) is 1. The lowest BCUT2D eigenvalue weighted by atomic mass is 10.0. The average molecular weight is 412 g/mol. The molecule has 0 saturated carbocycles. The highest BCUT2D eigenvalue weighted by atomic mass is 16.5. The predicted molar refractivity (Wildman–Crippen MR) is 118 cm³/mol. The number of hydrogen-bond acceptors (Lipinski definition) is 4. The summed E-state index contributed by atoms with van der Waals surface area (Å²) in [5, 5.41) is 5.52. The molecule has 2 aromatic rings. The Morgan fingerprint density at radius 1 is 1.03 bits per heavy atom. The number of carbonyl (C=O) groups is 2. The van der Waals surface area contributed by atoms with Gasteiger partial charge in [0.25, 0.3) is 0 Å². The third-order valence-corrected chi connectivity index (χ3v) is 5.51. The Morgan fingerprint density at radius 3 is 2.33 bits per heavy atom. The number of morpholine rings is 1. The van der Waals surface area contributed by atoms with E-state index in [9.17, 15) is 9.59 Å². The van der Waals surface area contributed by atoms with E-state index < -0.39 is 11.8 Å². The van der Waals surface area contributed by atoms with Crippen molar-refractivity contribution < 1.29 is 19.2 Å². The van der Waals surface area contributed by atoms with E-state index in [1.807, 2.05) is 39.2 Å². The molecule has 1 saturated heterocycles. The van der Waals surface area contributed by atoms with Crippen molar-refractivity contribution in [2.75, 3.05) is 57.2 Å². The van der Waals surface area contributed by atoms with Gasteiger partial charge in [0.05, 0.1) is 19.8 Å². The number of anilines is 2. The summed E-state index contributed by atoms with van der Waals surface area (Å²) in [6, 6.07) is 15.8. The van der Waals surface area contributed by atoms with Gasteiger partial charge in [-0.15, -0.1) is 0 Å². The summed E-state index contributed by atoms with van der Waals surface area (Å²) in [7, 11) is 4.01. The van der Waals surface area contributed by atoms with E-state index in [0.717, 1.165) is 29.9 Å². The van der Waals surface area contributed by atoms with Crippen molar-refractivity contribution in [3.05, 3.63) is 59.7 Å². The van der Waals surface area contributed by atoms with Crippen molar-refractivity contribution in [3.63, 3.8) is 0 Å². The zero-order chi connectivity index (χ0) is 21.5. The number of benzene rings is 2. The number of amides is 2. The molecule has 160 valence electrons. The maximum absolute atomic E-state index is 12.5. The molecule has 0 bridgehead atoms. The molecule has 0 spiro atoms. The molecule has 7 nitrogen and oxygen atoms in total. The Hall–Kier alpha value is -2.90. The lowest BCUT2D eigenvalue weighted by Crippen LogP contribution is -3.15.